The first kappa shape index (κ1) is 23.8. The maximum atomic E-state index is 13.2. The van der Waals surface area contributed by atoms with Gasteiger partial charge in [-0.15, -0.1) is 5.10 Å². The minimum absolute atomic E-state index is 0.102. The second-order valence-corrected chi connectivity index (χ2v) is 8.73. The van der Waals surface area contributed by atoms with E-state index < -0.39 is 17.6 Å². The van der Waals surface area contributed by atoms with Gasteiger partial charge in [-0.25, -0.2) is 18.9 Å². The van der Waals surface area contributed by atoms with Crippen molar-refractivity contribution in [1.29, 1.82) is 0 Å². The smallest absolute Gasteiger partial charge is 0.369 e. The van der Waals surface area contributed by atoms with E-state index in [1.807, 2.05) is 0 Å². The molecule has 0 aliphatic carbocycles. The molecule has 0 unspecified atom stereocenters. The number of anilines is 1. The van der Waals surface area contributed by atoms with Crippen LogP contribution in [0.5, 0.6) is 0 Å². The molecule has 2 aromatic carbocycles. The molecular formula is C24H15Cl2F3N6O. The average molecular weight is 531 g/mol. The minimum Gasteiger partial charge on any atom is -0.369 e. The lowest BCUT2D eigenvalue weighted by Crippen LogP contribution is -2.23. The molecule has 0 bridgehead atoms. The second kappa shape index (κ2) is 8.96. The van der Waals surface area contributed by atoms with Gasteiger partial charge in [-0.3, -0.25) is 4.98 Å². The van der Waals surface area contributed by atoms with Crippen LogP contribution in [0.3, 0.4) is 0 Å². The Kier molecular flexibility index (Phi) is 5.93. The van der Waals surface area contributed by atoms with Gasteiger partial charge in [0.15, 0.2) is 5.65 Å². The number of fused-ring (bicyclic) bond motifs is 1. The molecule has 0 saturated carbocycles. The van der Waals surface area contributed by atoms with Crippen LogP contribution < -0.4 is 11.4 Å². The summed E-state index contributed by atoms with van der Waals surface area (Å²) >= 11 is 12.1. The van der Waals surface area contributed by atoms with Crippen molar-refractivity contribution in [3.05, 3.63) is 98.6 Å². The summed E-state index contributed by atoms with van der Waals surface area (Å²) in [5, 5.41) is 5.53. The summed E-state index contributed by atoms with van der Waals surface area (Å²) in [5.41, 5.74) is 7.47. The highest BCUT2D eigenvalue weighted by atomic mass is 35.5. The van der Waals surface area contributed by atoms with Crippen molar-refractivity contribution in [3.63, 3.8) is 0 Å². The van der Waals surface area contributed by atoms with E-state index >= 15 is 0 Å². The zero-order chi connectivity index (χ0) is 25.6. The zero-order valence-corrected chi connectivity index (χ0v) is 19.7. The molecule has 3 aromatic heterocycles. The van der Waals surface area contributed by atoms with Crippen molar-refractivity contribution in [2.45, 2.75) is 12.7 Å². The third-order valence-electron chi connectivity index (χ3n) is 5.45. The first-order chi connectivity index (χ1) is 17.1. The van der Waals surface area contributed by atoms with Crippen LogP contribution >= 0.6 is 23.2 Å². The molecule has 36 heavy (non-hydrogen) atoms. The number of rotatable bonds is 4. The van der Waals surface area contributed by atoms with Crippen molar-refractivity contribution in [3.8, 4) is 22.4 Å². The van der Waals surface area contributed by atoms with Gasteiger partial charge in [0.1, 0.15) is 5.69 Å². The molecular weight excluding hydrogens is 516 g/mol. The molecule has 0 atom stereocenters. The lowest BCUT2D eigenvalue weighted by atomic mass is 10.00. The summed E-state index contributed by atoms with van der Waals surface area (Å²) < 4.78 is 40.8. The summed E-state index contributed by atoms with van der Waals surface area (Å²) in [5.74, 6) is -0.102. The van der Waals surface area contributed by atoms with Crippen LogP contribution in [0.2, 0.25) is 10.0 Å². The van der Waals surface area contributed by atoms with Crippen molar-refractivity contribution in [2.75, 3.05) is 5.73 Å². The van der Waals surface area contributed by atoms with Crippen molar-refractivity contribution in [2.24, 2.45) is 0 Å². The largest absolute Gasteiger partial charge is 0.433 e. The monoisotopic (exact) mass is 530 g/mol. The van der Waals surface area contributed by atoms with E-state index in [-0.39, 0.29) is 18.1 Å². The van der Waals surface area contributed by atoms with Crippen LogP contribution in [0.15, 0.2) is 71.7 Å². The average Bonchev–Trinajstić information content (AvgIpc) is 3.16. The summed E-state index contributed by atoms with van der Waals surface area (Å²) in [6.45, 7) is -0.124. The molecule has 0 saturated heterocycles. The molecule has 0 aliphatic heterocycles. The predicted molar refractivity (Wildman–Crippen MR) is 131 cm³/mol. The molecule has 0 radical (unpaired) electrons. The Bertz CT molecular complexity index is 1630. The fourth-order valence-electron chi connectivity index (χ4n) is 3.76. The van der Waals surface area contributed by atoms with Gasteiger partial charge in [0.05, 0.1) is 17.8 Å². The van der Waals surface area contributed by atoms with Crippen LogP contribution in [0, 0.1) is 0 Å². The number of nitrogens with zero attached hydrogens (tertiary/aromatic N) is 5. The summed E-state index contributed by atoms with van der Waals surface area (Å²) in [6, 6.07) is 15.9. The fraction of sp³-hybridized carbons (Fsp3) is 0.0833. The van der Waals surface area contributed by atoms with Gasteiger partial charge in [-0.1, -0.05) is 53.5 Å². The maximum Gasteiger partial charge on any atom is 0.433 e. The lowest BCUT2D eigenvalue weighted by Gasteiger charge is -2.12. The van der Waals surface area contributed by atoms with Crippen LogP contribution in [0.25, 0.3) is 28.0 Å². The Balaban J connectivity index is 1.70. The Hall–Kier alpha value is -3.89. The Morgan fingerprint density at radius 2 is 1.50 bits per heavy atom. The van der Waals surface area contributed by atoms with Crippen LogP contribution in [0.4, 0.5) is 19.1 Å². The molecule has 0 aliphatic rings. The van der Waals surface area contributed by atoms with Gasteiger partial charge in [0.25, 0.3) is 0 Å². The highest BCUT2D eigenvalue weighted by Gasteiger charge is 2.32. The number of nitrogen functional groups attached to an aromatic ring is 1. The quantitative estimate of drug-likeness (QED) is 0.327. The molecule has 7 nitrogen and oxygen atoms in total. The second-order valence-electron chi connectivity index (χ2n) is 7.86. The van der Waals surface area contributed by atoms with E-state index in [9.17, 15) is 18.0 Å². The highest BCUT2D eigenvalue weighted by Crippen LogP contribution is 2.35. The SMILES string of the molecule is Nc1nc(-c2ccc(Cl)cc2)c(-c2ccc(Cl)cc2)c2nn(Cc3ccc(C(F)(F)F)nc3)c(=O)n12. The molecule has 0 spiro atoms. The van der Waals surface area contributed by atoms with E-state index in [2.05, 4.69) is 15.1 Å². The van der Waals surface area contributed by atoms with E-state index in [1.54, 1.807) is 48.5 Å². The number of benzene rings is 2. The molecule has 12 heteroatoms. The van der Waals surface area contributed by atoms with Gasteiger partial charge in [-0.2, -0.15) is 13.2 Å². The van der Waals surface area contributed by atoms with Crippen molar-refractivity contribution >= 4 is 34.8 Å². The van der Waals surface area contributed by atoms with Crippen molar-refractivity contribution in [1.82, 2.24) is 24.1 Å². The summed E-state index contributed by atoms with van der Waals surface area (Å²) in [7, 11) is 0. The Labute approximate surface area is 211 Å². The standard InChI is InChI=1S/C24H15Cl2F3N6O/c25-16-6-2-14(3-7-16)19-20(15-4-8-17(26)9-5-15)32-22(30)35-21(19)33-34(23(35)36)12-13-1-10-18(31-11-13)24(27,28)29/h1-11H,12H2,(H2,30,32). The molecule has 3 heterocycles. The van der Waals surface area contributed by atoms with E-state index in [0.29, 0.717) is 38.0 Å². The van der Waals surface area contributed by atoms with Gasteiger partial charge in [0, 0.05) is 21.8 Å². The summed E-state index contributed by atoms with van der Waals surface area (Å²) in [4.78, 5) is 21.2. The Morgan fingerprint density at radius 3 is 2.06 bits per heavy atom. The van der Waals surface area contributed by atoms with E-state index in [1.165, 1.54) is 6.07 Å². The molecule has 182 valence electrons. The first-order valence-corrected chi connectivity index (χ1v) is 11.2. The number of halogens is 5. The number of hydrogen-bond donors (Lipinski definition) is 1. The van der Waals surface area contributed by atoms with Gasteiger partial charge < -0.3 is 5.73 Å². The van der Waals surface area contributed by atoms with Crippen molar-refractivity contribution < 1.29 is 13.2 Å². The number of hydrogen-bond acceptors (Lipinski definition) is 5. The molecule has 5 rings (SSSR count). The van der Waals surface area contributed by atoms with Gasteiger partial charge in [-0.05, 0) is 41.5 Å². The topological polar surface area (TPSA) is 91.1 Å². The number of nitrogens with two attached hydrogens (primary N) is 1. The van der Waals surface area contributed by atoms with E-state index in [0.717, 1.165) is 21.3 Å². The zero-order valence-electron chi connectivity index (χ0n) is 18.2. The molecule has 2 N–H and O–H groups in total. The van der Waals surface area contributed by atoms with Gasteiger partial charge >= 0.3 is 11.9 Å². The van der Waals surface area contributed by atoms with Crippen LogP contribution in [0.1, 0.15) is 11.3 Å². The molecule has 0 amide bonds. The number of aromatic nitrogens is 5. The predicted octanol–water partition coefficient (Wildman–Crippen LogP) is 5.58. The normalized spacial score (nSPS) is 11.8. The first-order valence-electron chi connectivity index (χ1n) is 10.4. The Morgan fingerprint density at radius 1 is 0.889 bits per heavy atom. The molecule has 5 aromatic rings. The summed E-state index contributed by atoms with van der Waals surface area (Å²) in [6.07, 6.45) is -3.51. The van der Waals surface area contributed by atoms with E-state index in [4.69, 9.17) is 28.9 Å². The van der Waals surface area contributed by atoms with Crippen LogP contribution in [-0.4, -0.2) is 24.1 Å². The molecule has 0 fully saturated rings. The maximum absolute atomic E-state index is 13.2. The lowest BCUT2D eigenvalue weighted by molar-refractivity contribution is -0.141. The third kappa shape index (κ3) is 4.40. The fourth-order valence-corrected chi connectivity index (χ4v) is 4.02. The van der Waals surface area contributed by atoms with Crippen LogP contribution in [-0.2, 0) is 12.7 Å². The van der Waals surface area contributed by atoms with Gasteiger partial charge in [0.2, 0.25) is 5.95 Å². The highest BCUT2D eigenvalue weighted by molar-refractivity contribution is 6.31. The number of pyridine rings is 1. The number of alkyl halides is 3. The minimum atomic E-state index is -4.57. The third-order valence-corrected chi connectivity index (χ3v) is 5.96.